The number of nitrogens with one attached hydrogen (secondary N) is 3. The Morgan fingerprint density at radius 2 is 1.38 bits per heavy atom. The van der Waals surface area contributed by atoms with Crippen molar-refractivity contribution >= 4 is 23.8 Å². The first-order valence-corrected chi connectivity index (χ1v) is 18.8. The Labute approximate surface area is 323 Å². The molecule has 4 amide bonds. The van der Waals surface area contributed by atoms with Gasteiger partial charge in [0.2, 0.25) is 17.7 Å². The second-order valence-corrected chi connectivity index (χ2v) is 13.5. The Morgan fingerprint density at radius 3 is 1.98 bits per heavy atom. The van der Waals surface area contributed by atoms with Crippen LogP contribution in [0.15, 0.2) is 103 Å². The van der Waals surface area contributed by atoms with E-state index in [9.17, 15) is 19.2 Å². The minimum Gasteiger partial charge on any atom is -0.445 e. The highest BCUT2D eigenvalue weighted by atomic mass is 16.7. The van der Waals surface area contributed by atoms with E-state index in [0.717, 1.165) is 33.4 Å². The van der Waals surface area contributed by atoms with Crippen LogP contribution in [0.3, 0.4) is 0 Å². The maximum absolute atomic E-state index is 14.7. The van der Waals surface area contributed by atoms with E-state index in [-0.39, 0.29) is 32.0 Å². The summed E-state index contributed by atoms with van der Waals surface area (Å²) < 4.78 is 17.1. The molecule has 0 saturated heterocycles. The number of hydrogen-bond donors (Lipinski definition) is 3. The number of pyridine rings is 1. The molecule has 0 saturated carbocycles. The summed E-state index contributed by atoms with van der Waals surface area (Å²) in [5.41, 5.74) is 5.70. The fourth-order valence-corrected chi connectivity index (χ4v) is 6.78. The third-order valence-electron chi connectivity index (χ3n) is 9.43. The number of carbonyl (C=O) groups excluding carboxylic acids is 4. The number of amides is 4. The molecule has 290 valence electrons. The van der Waals surface area contributed by atoms with Crippen LogP contribution in [0.1, 0.15) is 62.3 Å². The molecule has 0 aliphatic heterocycles. The van der Waals surface area contributed by atoms with Gasteiger partial charge in [-0.05, 0) is 73.6 Å². The van der Waals surface area contributed by atoms with Crippen LogP contribution in [-0.2, 0) is 41.6 Å². The number of nitrogens with zero attached hydrogens (tertiary/aromatic N) is 2. The lowest BCUT2D eigenvalue weighted by Crippen LogP contribution is -2.65. The smallest absolute Gasteiger partial charge is 0.408 e. The summed E-state index contributed by atoms with van der Waals surface area (Å²) >= 11 is 0. The normalized spacial score (nSPS) is 13.1. The number of rotatable bonds is 19. The summed E-state index contributed by atoms with van der Waals surface area (Å²) in [4.78, 5) is 62.3. The Hall–Kier alpha value is -5.59. The van der Waals surface area contributed by atoms with Crippen molar-refractivity contribution < 1.29 is 33.4 Å². The van der Waals surface area contributed by atoms with Crippen LogP contribution in [0.5, 0.6) is 0 Å². The minimum atomic E-state index is -1.57. The number of alkyl carbamates (subject to hydrolysis) is 1. The number of hydrogen-bond acceptors (Lipinski definition) is 8. The largest absolute Gasteiger partial charge is 0.445 e. The zero-order chi connectivity index (χ0) is 39.2. The quantitative estimate of drug-likeness (QED) is 0.109. The maximum Gasteiger partial charge on any atom is 0.408 e. The number of benzene rings is 3. The molecule has 1 heterocycles. The average molecular weight is 750 g/mol. The highest BCUT2D eigenvalue weighted by molar-refractivity contribution is 5.97. The minimum absolute atomic E-state index is 0.00248. The SMILES string of the molecule is CCOC(CN(C(=O)C(NC(=O)OCc1ccccc1)C(NC(=O)CC1c2ccccc2-c2ccccc21)C(=O)NCCc1cccnc1)C(C)C)OCC. The molecule has 55 heavy (non-hydrogen) atoms. The summed E-state index contributed by atoms with van der Waals surface area (Å²) in [7, 11) is 0. The Bertz CT molecular complexity index is 1820. The zero-order valence-corrected chi connectivity index (χ0v) is 31.9. The molecule has 12 heteroatoms. The summed E-state index contributed by atoms with van der Waals surface area (Å²) in [6, 6.07) is 25.1. The molecule has 0 radical (unpaired) electrons. The van der Waals surface area contributed by atoms with Gasteiger partial charge in [0.15, 0.2) is 6.29 Å². The molecule has 3 aromatic carbocycles. The van der Waals surface area contributed by atoms with Gasteiger partial charge in [0.1, 0.15) is 18.7 Å². The molecule has 2 atom stereocenters. The second kappa shape index (κ2) is 20.2. The van der Waals surface area contributed by atoms with Gasteiger partial charge < -0.3 is 35.1 Å². The average Bonchev–Trinajstić information content (AvgIpc) is 3.51. The third-order valence-corrected chi connectivity index (χ3v) is 9.43. The van der Waals surface area contributed by atoms with Crippen LogP contribution >= 0.6 is 0 Å². The predicted molar refractivity (Wildman–Crippen MR) is 209 cm³/mol. The van der Waals surface area contributed by atoms with E-state index in [2.05, 4.69) is 20.9 Å². The Morgan fingerprint density at radius 1 is 0.764 bits per heavy atom. The van der Waals surface area contributed by atoms with E-state index in [0.29, 0.717) is 19.6 Å². The molecule has 12 nitrogen and oxygen atoms in total. The van der Waals surface area contributed by atoms with Crippen LogP contribution in [0.4, 0.5) is 4.79 Å². The topological polar surface area (TPSA) is 148 Å². The van der Waals surface area contributed by atoms with Gasteiger partial charge in [0, 0.05) is 50.5 Å². The summed E-state index contributed by atoms with van der Waals surface area (Å²) in [5, 5.41) is 8.41. The zero-order valence-electron chi connectivity index (χ0n) is 31.9. The van der Waals surface area contributed by atoms with E-state index < -0.39 is 48.2 Å². The van der Waals surface area contributed by atoms with Gasteiger partial charge >= 0.3 is 6.09 Å². The lowest BCUT2D eigenvalue weighted by molar-refractivity contribution is -0.163. The van der Waals surface area contributed by atoms with Crippen molar-refractivity contribution in [3.63, 3.8) is 0 Å². The van der Waals surface area contributed by atoms with Gasteiger partial charge in [0.05, 0.1) is 6.54 Å². The van der Waals surface area contributed by atoms with E-state index in [1.807, 2.05) is 100 Å². The molecule has 1 aliphatic carbocycles. The number of carbonyl (C=O) groups is 4. The molecule has 5 rings (SSSR count). The van der Waals surface area contributed by atoms with Crippen molar-refractivity contribution in [2.75, 3.05) is 26.3 Å². The van der Waals surface area contributed by atoms with Crippen molar-refractivity contribution in [1.82, 2.24) is 25.8 Å². The molecule has 1 aromatic heterocycles. The molecule has 0 bridgehead atoms. The second-order valence-electron chi connectivity index (χ2n) is 13.5. The molecule has 0 fully saturated rings. The Kier molecular flexibility index (Phi) is 14.9. The highest BCUT2D eigenvalue weighted by Gasteiger charge is 2.41. The third kappa shape index (κ3) is 11.0. The van der Waals surface area contributed by atoms with Crippen LogP contribution < -0.4 is 16.0 Å². The molecular weight excluding hydrogens is 699 g/mol. The summed E-state index contributed by atoms with van der Waals surface area (Å²) in [6.45, 7) is 8.06. The van der Waals surface area contributed by atoms with Gasteiger partial charge in [-0.1, -0.05) is 84.9 Å². The molecule has 3 N–H and O–H groups in total. The van der Waals surface area contributed by atoms with Gasteiger partial charge in [-0.25, -0.2) is 4.79 Å². The first kappa shape index (κ1) is 40.6. The summed E-state index contributed by atoms with van der Waals surface area (Å²) in [5.74, 6) is -2.04. The summed E-state index contributed by atoms with van der Waals surface area (Å²) in [6.07, 6.45) is 2.11. The first-order chi connectivity index (χ1) is 26.7. The predicted octanol–water partition coefficient (Wildman–Crippen LogP) is 5.36. The van der Waals surface area contributed by atoms with Gasteiger partial charge in [-0.2, -0.15) is 0 Å². The van der Waals surface area contributed by atoms with E-state index >= 15 is 0 Å². The molecule has 2 unspecified atom stereocenters. The monoisotopic (exact) mass is 749 g/mol. The van der Waals surface area contributed by atoms with Crippen molar-refractivity contribution in [3.8, 4) is 11.1 Å². The Balaban J connectivity index is 1.46. The standard InChI is InChI=1S/C43H51N5O7/c1-5-53-38(54-6-2)27-48(29(3)4)42(51)40(47-43(52)55-28-31-15-8-7-9-16-31)39(41(50)45-24-22-30-17-14-23-44-26-30)46-37(49)25-36-34-20-12-10-18-32(34)33-19-11-13-21-35(33)36/h7-21,23,26,29,36,38-40H,5-6,22,24-25,27-28H2,1-4H3,(H,45,50)(H,46,49)(H,47,52). The van der Waals surface area contributed by atoms with E-state index in [4.69, 9.17) is 14.2 Å². The van der Waals surface area contributed by atoms with Crippen molar-refractivity contribution in [3.05, 3.63) is 126 Å². The molecule has 4 aromatic rings. The van der Waals surface area contributed by atoms with Crippen LogP contribution in [0, 0.1) is 0 Å². The van der Waals surface area contributed by atoms with Crippen molar-refractivity contribution in [2.24, 2.45) is 0 Å². The molecule has 1 aliphatic rings. The fourth-order valence-electron chi connectivity index (χ4n) is 6.78. The van der Waals surface area contributed by atoms with Crippen LogP contribution in [0.25, 0.3) is 11.1 Å². The lowest BCUT2D eigenvalue weighted by atomic mass is 9.93. The highest BCUT2D eigenvalue weighted by Crippen LogP contribution is 2.46. The van der Waals surface area contributed by atoms with Crippen LogP contribution in [0.2, 0.25) is 0 Å². The number of aromatic nitrogens is 1. The molecular formula is C43H51N5O7. The van der Waals surface area contributed by atoms with Crippen molar-refractivity contribution in [1.29, 1.82) is 0 Å². The first-order valence-electron chi connectivity index (χ1n) is 18.8. The maximum atomic E-state index is 14.7. The van der Waals surface area contributed by atoms with Gasteiger partial charge in [-0.15, -0.1) is 0 Å². The van der Waals surface area contributed by atoms with Gasteiger partial charge in [-0.3, -0.25) is 19.4 Å². The number of ether oxygens (including phenoxy) is 3. The van der Waals surface area contributed by atoms with Crippen LogP contribution in [-0.4, -0.2) is 84.4 Å². The van der Waals surface area contributed by atoms with Crippen molar-refractivity contribution in [2.45, 2.75) is 77.5 Å². The van der Waals surface area contributed by atoms with Gasteiger partial charge in [0.25, 0.3) is 0 Å². The number of fused-ring (bicyclic) bond motifs is 3. The molecule has 0 spiro atoms. The van der Waals surface area contributed by atoms with E-state index in [1.54, 1.807) is 30.6 Å². The van der Waals surface area contributed by atoms with E-state index in [1.165, 1.54) is 4.90 Å². The lowest BCUT2D eigenvalue weighted by Gasteiger charge is -2.36. The fraction of sp³-hybridized carbons (Fsp3) is 0.372.